The van der Waals surface area contributed by atoms with Gasteiger partial charge in [-0.15, -0.1) is 12.6 Å². The van der Waals surface area contributed by atoms with E-state index in [1.54, 1.807) is 17.7 Å². The molecule has 154 valence electrons. The molecule has 0 fully saturated rings. The number of alkyl halides is 3. The summed E-state index contributed by atoms with van der Waals surface area (Å²) < 4.78 is 46.6. The monoisotopic (exact) mass is 407 g/mol. The number of hydrogen-bond acceptors (Lipinski definition) is 3. The maximum atomic E-state index is 13.2. The van der Waals surface area contributed by atoms with Gasteiger partial charge in [-0.25, -0.2) is 4.58 Å². The molecule has 1 unspecified atom stereocenters. The molecule has 1 rings (SSSR count). The van der Waals surface area contributed by atoms with E-state index in [1.165, 1.54) is 7.11 Å². The van der Waals surface area contributed by atoms with Crippen molar-refractivity contribution >= 4 is 23.5 Å². The van der Waals surface area contributed by atoms with Gasteiger partial charge in [-0.1, -0.05) is 27.4 Å². The lowest BCUT2D eigenvalue weighted by molar-refractivity contribution is -0.598. The first-order valence-electron chi connectivity index (χ1n) is 8.73. The number of ether oxygens (including phenoxy) is 1. The number of methoxy groups -OCH3 is 1. The first-order valence-corrected chi connectivity index (χ1v) is 9.17. The molecule has 0 aromatic heterocycles. The van der Waals surface area contributed by atoms with E-state index in [2.05, 4.69) is 24.2 Å². The second-order valence-electron chi connectivity index (χ2n) is 7.86. The minimum atomic E-state index is -4.37. The molecule has 4 nitrogen and oxygen atoms in total. The van der Waals surface area contributed by atoms with Gasteiger partial charge in [0.25, 0.3) is 0 Å². The van der Waals surface area contributed by atoms with Gasteiger partial charge >= 0.3 is 12.0 Å². The first kappa shape index (κ1) is 23.8. The van der Waals surface area contributed by atoms with Gasteiger partial charge in [0, 0.05) is 13.5 Å². The number of aliphatic hydroxyl groups is 1. The predicted molar refractivity (Wildman–Crippen MR) is 106 cm³/mol. The van der Waals surface area contributed by atoms with Crippen LogP contribution in [0.2, 0.25) is 0 Å². The molecule has 0 aromatic carbocycles. The summed E-state index contributed by atoms with van der Waals surface area (Å²) in [7, 11) is 1.52. The summed E-state index contributed by atoms with van der Waals surface area (Å²) in [5.41, 5.74) is -3.63. The highest BCUT2D eigenvalue weighted by Crippen LogP contribution is 2.49. The fourth-order valence-electron chi connectivity index (χ4n) is 3.12. The molecule has 1 aliphatic rings. The van der Waals surface area contributed by atoms with Gasteiger partial charge in [-0.05, 0) is 31.3 Å². The minimum Gasteiger partial charge on any atom is -0.508 e. The van der Waals surface area contributed by atoms with Crippen LogP contribution >= 0.6 is 12.6 Å². The Balaban J connectivity index is 3.49. The summed E-state index contributed by atoms with van der Waals surface area (Å²) in [6.07, 6.45) is -0.341. The van der Waals surface area contributed by atoms with Crippen molar-refractivity contribution in [2.45, 2.75) is 59.2 Å². The lowest BCUT2D eigenvalue weighted by Crippen LogP contribution is -2.69. The van der Waals surface area contributed by atoms with E-state index in [1.807, 2.05) is 19.9 Å². The molecule has 0 aliphatic carbocycles. The van der Waals surface area contributed by atoms with Crippen molar-refractivity contribution in [3.8, 4) is 0 Å². The van der Waals surface area contributed by atoms with Crippen molar-refractivity contribution < 1.29 is 27.6 Å². The molecule has 0 aromatic rings. The molecule has 0 radical (unpaired) electrons. The molecule has 0 amide bonds. The average molecular weight is 408 g/mol. The maximum Gasteiger partial charge on any atom is 0.394 e. The number of thiol groups is 1. The third-order valence-electron chi connectivity index (χ3n) is 5.37. The van der Waals surface area contributed by atoms with E-state index < -0.39 is 22.5 Å². The summed E-state index contributed by atoms with van der Waals surface area (Å²) in [5, 5.41) is 10.3. The summed E-state index contributed by atoms with van der Waals surface area (Å²) in [5.74, 6) is 0.410. The highest BCUT2D eigenvalue weighted by atomic mass is 32.1. The normalized spacial score (nSPS) is 27.3. The molecule has 0 bridgehead atoms. The maximum absolute atomic E-state index is 13.2. The summed E-state index contributed by atoms with van der Waals surface area (Å²) in [6, 6.07) is 0. The Morgan fingerprint density at radius 3 is 2.33 bits per heavy atom. The van der Waals surface area contributed by atoms with Gasteiger partial charge in [0.2, 0.25) is 0 Å². The molecule has 2 atom stereocenters. The first-order chi connectivity index (χ1) is 12.2. The standard InChI is InChI=1S/C19H29F3N2O2S/c1-8-9-10-24-15(17(5,12-26-7)18(24,6)13(2)25)23-14(27)11-16(3,4)19(20,21)22/h9-10,25H,2,8,11-12H2,1,3-7H3/p+1/b10-9-/t17-,18?/m1/s1. The van der Waals surface area contributed by atoms with Crippen molar-refractivity contribution in [2.24, 2.45) is 15.8 Å². The van der Waals surface area contributed by atoms with Gasteiger partial charge in [-0.2, -0.15) is 13.2 Å². The van der Waals surface area contributed by atoms with Crippen LogP contribution in [0.1, 0.15) is 47.5 Å². The highest BCUT2D eigenvalue weighted by molar-refractivity contribution is 7.97. The summed E-state index contributed by atoms with van der Waals surface area (Å²) in [6.45, 7) is 11.7. The van der Waals surface area contributed by atoms with Gasteiger partial charge < -0.3 is 9.84 Å². The second-order valence-corrected chi connectivity index (χ2v) is 8.37. The van der Waals surface area contributed by atoms with Crippen LogP contribution in [-0.2, 0) is 4.74 Å². The Morgan fingerprint density at radius 2 is 1.93 bits per heavy atom. The molecule has 27 heavy (non-hydrogen) atoms. The summed E-state index contributed by atoms with van der Waals surface area (Å²) in [4.78, 5) is 4.40. The number of allylic oxidation sites excluding steroid dienone is 1. The van der Waals surface area contributed by atoms with Crippen LogP contribution in [0, 0.1) is 10.8 Å². The third-order valence-corrected chi connectivity index (χ3v) is 5.62. The number of hydrogen-bond donors (Lipinski definition) is 2. The van der Waals surface area contributed by atoms with Crippen LogP contribution in [0.25, 0.3) is 0 Å². The number of aliphatic hydroxyl groups excluding tert-OH is 1. The van der Waals surface area contributed by atoms with E-state index in [4.69, 9.17) is 4.74 Å². The van der Waals surface area contributed by atoms with E-state index >= 15 is 0 Å². The predicted octanol–water partition coefficient (Wildman–Crippen LogP) is 5.12. The molecule has 0 spiro atoms. The molecular weight excluding hydrogens is 377 g/mol. The van der Waals surface area contributed by atoms with E-state index in [-0.39, 0.29) is 23.8 Å². The Labute approximate surface area is 164 Å². The number of nitrogens with zero attached hydrogens (tertiary/aromatic N) is 2. The quantitative estimate of drug-likeness (QED) is 0.202. The molecular formula is C19H30F3N2O2S+. The smallest absolute Gasteiger partial charge is 0.394 e. The lowest BCUT2D eigenvalue weighted by atomic mass is 9.64. The van der Waals surface area contributed by atoms with Crippen LogP contribution in [0.4, 0.5) is 13.2 Å². The topological polar surface area (TPSA) is 44.8 Å². The van der Waals surface area contributed by atoms with Crippen molar-refractivity contribution in [1.29, 1.82) is 0 Å². The Bertz CT molecular complexity index is 683. The Kier molecular flexibility index (Phi) is 7.03. The zero-order valence-corrected chi connectivity index (χ0v) is 17.7. The number of amidine groups is 1. The third kappa shape index (κ3) is 4.11. The van der Waals surface area contributed by atoms with Crippen LogP contribution in [-0.4, -0.2) is 46.0 Å². The number of halogens is 3. The largest absolute Gasteiger partial charge is 0.508 e. The van der Waals surface area contributed by atoms with Crippen molar-refractivity contribution in [2.75, 3.05) is 13.7 Å². The number of aliphatic imine (C=N–C) groups is 1. The molecule has 1 heterocycles. The highest BCUT2D eigenvalue weighted by Gasteiger charge is 2.69. The lowest BCUT2D eigenvalue weighted by Gasteiger charge is -2.49. The van der Waals surface area contributed by atoms with Gasteiger partial charge in [0.15, 0.2) is 10.6 Å². The molecule has 0 saturated heterocycles. The second kappa shape index (κ2) is 7.99. The fraction of sp³-hybridized carbons (Fsp3) is 0.684. The van der Waals surface area contributed by atoms with Crippen molar-refractivity contribution in [3.63, 3.8) is 0 Å². The van der Waals surface area contributed by atoms with Gasteiger partial charge in [0.05, 0.1) is 18.2 Å². The van der Waals surface area contributed by atoms with Crippen LogP contribution < -0.4 is 0 Å². The van der Waals surface area contributed by atoms with E-state index in [0.29, 0.717) is 5.84 Å². The van der Waals surface area contributed by atoms with E-state index in [0.717, 1.165) is 20.3 Å². The SMILES string of the molecule is C=C(O)C1(C)[N+](/C=C\CC)=C(N=C(S)CC(C)(C)C(F)(F)F)[C@@]1(C)COC. The van der Waals surface area contributed by atoms with Crippen LogP contribution in [0.15, 0.2) is 29.6 Å². The van der Waals surface area contributed by atoms with Gasteiger partial charge in [0.1, 0.15) is 11.2 Å². The Hall–Kier alpha value is -1.28. The van der Waals surface area contributed by atoms with Crippen LogP contribution in [0.5, 0.6) is 0 Å². The summed E-state index contributed by atoms with van der Waals surface area (Å²) >= 11 is 4.22. The van der Waals surface area contributed by atoms with E-state index in [9.17, 15) is 18.3 Å². The van der Waals surface area contributed by atoms with Crippen LogP contribution in [0.3, 0.4) is 0 Å². The molecule has 1 aliphatic heterocycles. The fourth-order valence-corrected chi connectivity index (χ4v) is 3.61. The minimum absolute atomic E-state index is 0.0650. The zero-order valence-electron chi connectivity index (χ0n) is 16.8. The molecule has 1 N–H and O–H groups in total. The Morgan fingerprint density at radius 1 is 1.37 bits per heavy atom. The zero-order chi connectivity index (χ0) is 21.3. The molecule has 0 saturated carbocycles. The van der Waals surface area contributed by atoms with Gasteiger partial charge in [-0.3, -0.25) is 0 Å². The van der Waals surface area contributed by atoms with Crippen molar-refractivity contribution in [1.82, 2.24) is 0 Å². The molecule has 8 heteroatoms. The number of rotatable bonds is 7. The average Bonchev–Trinajstić information content (AvgIpc) is 2.51. The van der Waals surface area contributed by atoms with Crippen molar-refractivity contribution in [3.05, 3.63) is 24.6 Å².